The number of carboxylic acids is 1. The molecule has 34 heavy (non-hydrogen) atoms. The second-order valence-corrected chi connectivity index (χ2v) is 8.84. The summed E-state index contributed by atoms with van der Waals surface area (Å²) in [6.07, 6.45) is 1.43. The van der Waals surface area contributed by atoms with Gasteiger partial charge in [-0.1, -0.05) is 37.3 Å². The molecule has 1 radical (unpaired) electrons. The third-order valence-corrected chi connectivity index (χ3v) is 6.15. The molecule has 0 bridgehead atoms. The summed E-state index contributed by atoms with van der Waals surface area (Å²) in [5, 5.41) is 22.6. The maximum atomic E-state index is 12.7. The van der Waals surface area contributed by atoms with Crippen LogP contribution < -0.4 is 16.4 Å². The highest BCUT2D eigenvalue weighted by Gasteiger charge is 2.20. The lowest BCUT2D eigenvalue weighted by molar-refractivity contribution is -0.121. The first kappa shape index (κ1) is 25.0. The summed E-state index contributed by atoms with van der Waals surface area (Å²) in [5.74, 6) is -1.19. The number of nitrogens with one attached hydrogen (secondary N) is 3. The van der Waals surface area contributed by atoms with Crippen LogP contribution in [0, 0.1) is 11.3 Å². The number of aromatic carboxylic acids is 1. The van der Waals surface area contributed by atoms with Crippen molar-refractivity contribution in [1.82, 2.24) is 15.6 Å². The fraction of sp³-hybridized carbons (Fsp3) is 0.250. The van der Waals surface area contributed by atoms with E-state index >= 15 is 0 Å². The summed E-state index contributed by atoms with van der Waals surface area (Å²) in [6, 6.07) is 13.2. The highest BCUT2D eigenvalue weighted by atomic mass is 32.1. The van der Waals surface area contributed by atoms with Gasteiger partial charge in [-0.25, -0.2) is 9.78 Å². The number of rotatable bonds is 10. The monoisotopic (exact) mass is 480 g/mol. The van der Waals surface area contributed by atoms with Crippen molar-refractivity contribution in [2.24, 2.45) is 5.73 Å². The van der Waals surface area contributed by atoms with E-state index in [-0.39, 0.29) is 17.3 Å². The standard InChI is InChI=1S/C24H26N5O4S/c1-14(20(30)22-28-18-10-9-16(23(32)33)13-19(18)34-22)6-5-11-27-24(26)29-21(31)17(25)12-15-7-3-2-4-8-15/h2-4,7-10,13,17H,5-6,11-12,25H2,1H3,(H,32,33)(H3,26,27,29,31)/t17-/m1/s1. The Morgan fingerprint density at radius 1 is 1.18 bits per heavy atom. The van der Waals surface area contributed by atoms with Crippen LogP contribution in [0.4, 0.5) is 0 Å². The molecular weight excluding hydrogens is 454 g/mol. The second kappa shape index (κ2) is 11.5. The molecule has 0 saturated heterocycles. The van der Waals surface area contributed by atoms with Gasteiger partial charge < -0.3 is 16.2 Å². The number of carboxylic acid groups (broad SMARTS) is 1. The molecule has 6 N–H and O–H groups in total. The first-order chi connectivity index (χ1) is 16.2. The van der Waals surface area contributed by atoms with Crippen LogP contribution in [0.25, 0.3) is 10.2 Å². The summed E-state index contributed by atoms with van der Waals surface area (Å²) >= 11 is 1.17. The van der Waals surface area contributed by atoms with Crippen molar-refractivity contribution in [1.29, 1.82) is 5.41 Å². The molecule has 10 heteroatoms. The van der Waals surface area contributed by atoms with Gasteiger partial charge in [0.15, 0.2) is 16.8 Å². The van der Waals surface area contributed by atoms with Crippen LogP contribution in [-0.4, -0.2) is 46.3 Å². The number of aromatic nitrogens is 1. The van der Waals surface area contributed by atoms with Crippen molar-refractivity contribution in [2.45, 2.75) is 32.2 Å². The second-order valence-electron chi connectivity index (χ2n) is 7.81. The smallest absolute Gasteiger partial charge is 0.335 e. The average Bonchev–Trinajstić information content (AvgIpc) is 3.25. The van der Waals surface area contributed by atoms with Gasteiger partial charge in [-0.2, -0.15) is 0 Å². The van der Waals surface area contributed by atoms with Crippen LogP contribution in [-0.2, 0) is 11.2 Å². The molecule has 1 atom stereocenters. The van der Waals surface area contributed by atoms with Crippen LogP contribution in [0.5, 0.6) is 0 Å². The van der Waals surface area contributed by atoms with E-state index in [1.54, 1.807) is 13.0 Å². The number of benzene rings is 2. The van der Waals surface area contributed by atoms with Gasteiger partial charge in [0.05, 0.1) is 21.8 Å². The Kier molecular flexibility index (Phi) is 8.44. The van der Waals surface area contributed by atoms with Gasteiger partial charge >= 0.3 is 5.97 Å². The highest BCUT2D eigenvalue weighted by Crippen LogP contribution is 2.26. The van der Waals surface area contributed by atoms with Gasteiger partial charge in [-0.3, -0.25) is 20.3 Å². The van der Waals surface area contributed by atoms with Crippen LogP contribution in [0.2, 0.25) is 0 Å². The van der Waals surface area contributed by atoms with Gasteiger partial charge in [-0.15, -0.1) is 11.3 Å². The van der Waals surface area contributed by atoms with Crippen molar-refractivity contribution in [3.63, 3.8) is 0 Å². The minimum Gasteiger partial charge on any atom is -0.478 e. The summed E-state index contributed by atoms with van der Waals surface area (Å²) in [7, 11) is 0. The minimum absolute atomic E-state index is 0.141. The molecule has 1 amide bonds. The van der Waals surface area contributed by atoms with Crippen molar-refractivity contribution in [2.75, 3.05) is 6.54 Å². The molecule has 0 aliphatic rings. The number of thiazole rings is 1. The number of guanidine groups is 1. The summed E-state index contributed by atoms with van der Waals surface area (Å²) in [4.78, 5) is 40.3. The molecule has 0 fully saturated rings. The van der Waals surface area contributed by atoms with Crippen LogP contribution in [0.3, 0.4) is 0 Å². The van der Waals surface area contributed by atoms with Crippen molar-refractivity contribution in [3.8, 4) is 0 Å². The molecule has 0 unspecified atom stereocenters. The van der Waals surface area contributed by atoms with E-state index in [0.29, 0.717) is 46.9 Å². The number of Topliss-reactive ketones (excluding diaryl/α,β-unsaturated/α-hetero) is 1. The van der Waals surface area contributed by atoms with Crippen LogP contribution in [0.15, 0.2) is 48.5 Å². The number of fused-ring (bicyclic) bond motifs is 1. The molecular formula is C24H26N5O4S. The number of hydrogen-bond donors (Lipinski definition) is 5. The number of amides is 1. The topological polar surface area (TPSA) is 158 Å². The van der Waals surface area contributed by atoms with E-state index in [9.17, 15) is 14.4 Å². The first-order valence-corrected chi connectivity index (χ1v) is 11.5. The number of carbonyl (C=O) groups is 3. The number of carbonyl (C=O) groups excluding carboxylic acids is 2. The molecule has 9 nitrogen and oxygen atoms in total. The maximum Gasteiger partial charge on any atom is 0.335 e. The molecule has 3 rings (SSSR count). The van der Waals surface area contributed by atoms with E-state index in [1.165, 1.54) is 23.5 Å². The number of hydrogen-bond acceptors (Lipinski definition) is 7. The predicted octanol–water partition coefficient (Wildman–Crippen LogP) is 2.76. The quantitative estimate of drug-likeness (QED) is 0.129. The molecule has 0 aliphatic carbocycles. The van der Waals surface area contributed by atoms with Gasteiger partial charge in [0.2, 0.25) is 5.91 Å². The Labute approximate surface area is 200 Å². The van der Waals surface area contributed by atoms with E-state index in [1.807, 2.05) is 30.3 Å². The molecule has 177 valence electrons. The summed E-state index contributed by atoms with van der Waals surface area (Å²) < 4.78 is 0.646. The van der Waals surface area contributed by atoms with Gasteiger partial charge in [0.25, 0.3) is 0 Å². The fourth-order valence-electron chi connectivity index (χ4n) is 3.24. The van der Waals surface area contributed by atoms with Crippen molar-refractivity contribution < 1.29 is 19.5 Å². The largest absolute Gasteiger partial charge is 0.478 e. The Hall–Kier alpha value is -3.63. The Morgan fingerprint density at radius 2 is 1.91 bits per heavy atom. The minimum atomic E-state index is -1.03. The number of nitrogens with two attached hydrogens (primary N) is 1. The van der Waals surface area contributed by atoms with Gasteiger partial charge in [-0.05, 0) is 43.0 Å². The lowest BCUT2D eigenvalue weighted by Crippen LogP contribution is -2.48. The van der Waals surface area contributed by atoms with Gasteiger partial charge in [0, 0.05) is 12.5 Å². The maximum absolute atomic E-state index is 12.7. The molecule has 0 spiro atoms. The molecule has 0 aliphatic heterocycles. The summed E-state index contributed by atoms with van der Waals surface area (Å²) in [5.41, 5.74) is 7.60. The van der Waals surface area contributed by atoms with E-state index < -0.39 is 17.9 Å². The Morgan fingerprint density at radius 3 is 2.62 bits per heavy atom. The first-order valence-electron chi connectivity index (χ1n) is 10.7. The average molecular weight is 481 g/mol. The van der Waals surface area contributed by atoms with Crippen LogP contribution in [0.1, 0.15) is 45.5 Å². The van der Waals surface area contributed by atoms with Crippen molar-refractivity contribution >= 4 is 45.2 Å². The fourth-order valence-corrected chi connectivity index (χ4v) is 4.26. The highest BCUT2D eigenvalue weighted by molar-refractivity contribution is 7.20. The Bertz CT molecular complexity index is 1190. The normalized spacial score (nSPS) is 11.9. The molecule has 2 aromatic carbocycles. The zero-order valence-corrected chi connectivity index (χ0v) is 19.4. The summed E-state index contributed by atoms with van der Waals surface area (Å²) in [6.45, 7) is 2.12. The SMILES string of the molecule is C[C](CCCNC(=N)NC(=O)[C@H](N)Cc1ccccc1)C(=O)c1nc2ccc(C(=O)O)cc2s1. The van der Waals surface area contributed by atoms with Crippen molar-refractivity contribution in [3.05, 3.63) is 70.6 Å². The third-order valence-electron chi connectivity index (χ3n) is 5.13. The number of ketones is 1. The van der Waals surface area contributed by atoms with Gasteiger partial charge in [0.1, 0.15) is 0 Å². The third kappa shape index (κ3) is 6.69. The lowest BCUT2D eigenvalue weighted by Gasteiger charge is -2.14. The molecule has 1 heterocycles. The molecule has 3 aromatic rings. The number of nitrogens with zero attached hydrogens (tertiary/aromatic N) is 1. The zero-order chi connectivity index (χ0) is 24.7. The zero-order valence-electron chi connectivity index (χ0n) is 18.6. The predicted molar refractivity (Wildman–Crippen MR) is 131 cm³/mol. The Balaban J connectivity index is 1.41. The molecule has 0 saturated carbocycles. The van der Waals surface area contributed by atoms with E-state index in [0.717, 1.165) is 5.56 Å². The lowest BCUT2D eigenvalue weighted by atomic mass is 10.0. The van der Waals surface area contributed by atoms with Crippen LogP contribution >= 0.6 is 11.3 Å². The van der Waals surface area contributed by atoms with E-state index in [2.05, 4.69) is 15.6 Å². The van der Waals surface area contributed by atoms with E-state index in [4.69, 9.17) is 16.2 Å². The molecule has 1 aromatic heterocycles.